The molecule has 3 N–H and O–H groups in total. The summed E-state index contributed by atoms with van der Waals surface area (Å²) in [5, 5.41) is 9.25. The fourth-order valence-electron chi connectivity index (χ4n) is 4.58. The number of esters is 2. The number of hydrogen-bond acceptors (Lipinski definition) is 7. The maximum atomic E-state index is 12.4. The highest BCUT2D eigenvalue weighted by Gasteiger charge is 2.22. The van der Waals surface area contributed by atoms with E-state index in [-0.39, 0.29) is 25.6 Å². The molecule has 0 heterocycles. The number of rotatable bonds is 34. The number of unbranched alkanes of at least 4 members (excludes halogenated alkanes) is 2. The Morgan fingerprint density at radius 3 is 1.36 bits per heavy atom. The Bertz CT molecular complexity index is 1310. The molecule has 0 amide bonds. The molecule has 0 aliphatic heterocycles. The maximum absolute atomic E-state index is 12.4. The first-order valence-corrected chi connectivity index (χ1v) is 21.4. The van der Waals surface area contributed by atoms with E-state index in [1.165, 1.54) is 0 Å². The minimum atomic E-state index is -4.80. The van der Waals surface area contributed by atoms with Gasteiger partial charge in [-0.2, -0.15) is 0 Å². The number of aliphatic hydroxyl groups excluding tert-OH is 1. The molecule has 2 atom stereocenters. The molecule has 0 spiro atoms. The third-order valence-electron chi connectivity index (χ3n) is 7.50. The summed E-state index contributed by atoms with van der Waals surface area (Å²) in [5.41, 5.74) is 0. The normalized spacial score (nSPS) is 14.3. The van der Waals surface area contributed by atoms with E-state index >= 15 is 0 Å². The molecular weight excluding hydrogens is 715 g/mol. The van der Waals surface area contributed by atoms with Gasteiger partial charge in [-0.1, -0.05) is 128 Å². The van der Waals surface area contributed by atoms with Gasteiger partial charge in [0.25, 0.3) is 0 Å². The first-order valence-electron chi connectivity index (χ1n) is 19.9. The summed E-state index contributed by atoms with van der Waals surface area (Å²) < 4.78 is 26.2. The van der Waals surface area contributed by atoms with Crippen LogP contribution in [-0.4, -0.2) is 52.3 Å². The van der Waals surface area contributed by atoms with Crippen molar-refractivity contribution in [2.75, 3.05) is 13.2 Å². The molecular formula is C45H69O9P. The van der Waals surface area contributed by atoms with Crippen LogP contribution in [0.2, 0.25) is 0 Å². The van der Waals surface area contributed by atoms with Crippen LogP contribution in [0.5, 0.6) is 0 Å². The van der Waals surface area contributed by atoms with Crippen molar-refractivity contribution in [1.82, 2.24) is 0 Å². The molecule has 0 aliphatic rings. The van der Waals surface area contributed by atoms with Gasteiger partial charge in [-0.05, 0) is 103 Å². The average Bonchev–Trinajstić information content (AvgIpc) is 3.14. The summed E-state index contributed by atoms with van der Waals surface area (Å²) in [6, 6.07) is 0. The highest BCUT2D eigenvalue weighted by atomic mass is 31.2. The van der Waals surface area contributed by atoms with Crippen LogP contribution in [0.3, 0.4) is 0 Å². The molecule has 0 aromatic rings. The average molecular weight is 785 g/mol. The summed E-state index contributed by atoms with van der Waals surface area (Å²) in [4.78, 5) is 42.7. The molecule has 0 aromatic heterocycles. The molecule has 0 saturated carbocycles. The molecule has 0 fully saturated rings. The number of hydrogen-bond donors (Lipinski definition) is 3. The Morgan fingerprint density at radius 1 is 0.545 bits per heavy atom. The second-order valence-electron chi connectivity index (χ2n) is 12.8. The molecule has 0 aliphatic carbocycles. The molecule has 55 heavy (non-hydrogen) atoms. The van der Waals surface area contributed by atoms with Crippen molar-refractivity contribution < 1.29 is 43.0 Å². The van der Waals surface area contributed by atoms with Gasteiger partial charge in [-0.25, -0.2) is 4.57 Å². The number of phosphoric ester groups is 1. The lowest BCUT2D eigenvalue weighted by molar-refractivity contribution is -0.161. The van der Waals surface area contributed by atoms with Gasteiger partial charge in [-0.15, -0.1) is 0 Å². The van der Waals surface area contributed by atoms with Crippen molar-refractivity contribution in [3.05, 3.63) is 122 Å². The van der Waals surface area contributed by atoms with Crippen molar-refractivity contribution >= 4 is 19.8 Å². The van der Waals surface area contributed by atoms with Crippen LogP contribution in [0.1, 0.15) is 123 Å². The second-order valence-corrected chi connectivity index (χ2v) is 14.0. The van der Waals surface area contributed by atoms with Crippen LogP contribution < -0.4 is 0 Å². The van der Waals surface area contributed by atoms with Crippen molar-refractivity contribution in [3.63, 3.8) is 0 Å². The first-order chi connectivity index (χ1) is 26.6. The number of phosphoric acid groups is 1. The fourth-order valence-corrected chi connectivity index (χ4v) is 4.94. The van der Waals surface area contributed by atoms with Crippen LogP contribution in [0.15, 0.2) is 122 Å². The SMILES string of the molecule is CC/C=C\C/C=C\C/C=C\C/C=C\C/C=C\C/C=C\CCC(=O)O[C@H](COC(=O)CCC/C=C\C/C=C\C/C=C\C/C=C\CCC[C@@H](C)O)COP(=O)(O)O. The zero-order valence-electron chi connectivity index (χ0n) is 33.4. The number of carbonyl (C=O) groups is 2. The summed E-state index contributed by atoms with van der Waals surface area (Å²) >= 11 is 0. The van der Waals surface area contributed by atoms with E-state index in [0.717, 1.165) is 77.0 Å². The highest BCUT2D eigenvalue weighted by molar-refractivity contribution is 7.46. The number of ether oxygens (including phenoxy) is 2. The van der Waals surface area contributed by atoms with E-state index in [1.807, 2.05) is 31.2 Å². The summed E-state index contributed by atoms with van der Waals surface area (Å²) in [7, 11) is -4.80. The standard InChI is InChI=1S/C45H69O9P/c1-3-4-5-6-7-8-9-10-11-12-13-14-17-21-24-27-30-33-36-39-45(48)54-43(41-53-55(49,50)51)40-52-44(47)38-35-32-29-26-23-20-18-15-16-19-22-25-28-31-34-37-42(2)46/h4-5,7-8,10-11,13-14,16,18-21,24-26,28-30,33,42-43,46H,3,6,9,12,15,17,22-23,27,31-32,34-41H2,1-2H3,(H2,49,50,51)/b5-4-,8-7-,11-10-,14-13-,19-16-,20-18-,24-21-,28-25-,29-26-,33-30-/t42-,43-/m1/s1. The molecule has 9 nitrogen and oxygen atoms in total. The van der Waals surface area contributed by atoms with Crippen LogP contribution in [0, 0.1) is 0 Å². The lowest BCUT2D eigenvalue weighted by atomic mass is 10.1. The minimum Gasteiger partial charge on any atom is -0.462 e. The molecule has 308 valence electrons. The van der Waals surface area contributed by atoms with Crippen molar-refractivity contribution in [1.29, 1.82) is 0 Å². The van der Waals surface area contributed by atoms with Crippen LogP contribution in [-0.2, 0) is 28.2 Å². The van der Waals surface area contributed by atoms with Crippen molar-refractivity contribution in [2.45, 2.75) is 135 Å². The summed E-state index contributed by atoms with van der Waals surface area (Å²) in [6.07, 6.45) is 53.5. The third-order valence-corrected chi connectivity index (χ3v) is 7.98. The molecule has 0 unspecified atom stereocenters. The predicted octanol–water partition coefficient (Wildman–Crippen LogP) is 11.1. The molecule has 0 rings (SSSR count). The molecule has 10 heteroatoms. The third kappa shape index (κ3) is 43.0. The van der Waals surface area contributed by atoms with Gasteiger partial charge in [0.15, 0.2) is 6.10 Å². The van der Waals surface area contributed by atoms with Gasteiger partial charge in [0.2, 0.25) is 0 Å². The fraction of sp³-hybridized carbons (Fsp3) is 0.511. The van der Waals surface area contributed by atoms with E-state index < -0.39 is 32.5 Å². The van der Waals surface area contributed by atoms with Crippen LogP contribution >= 0.6 is 7.82 Å². The predicted molar refractivity (Wildman–Crippen MR) is 226 cm³/mol. The second kappa shape index (κ2) is 38.7. The Morgan fingerprint density at radius 2 is 0.945 bits per heavy atom. The summed E-state index contributed by atoms with van der Waals surface area (Å²) in [6.45, 7) is 2.98. The smallest absolute Gasteiger partial charge is 0.462 e. The van der Waals surface area contributed by atoms with E-state index in [2.05, 4.69) is 109 Å². The van der Waals surface area contributed by atoms with Gasteiger partial charge in [0, 0.05) is 12.8 Å². The minimum absolute atomic E-state index is 0.0607. The van der Waals surface area contributed by atoms with Crippen molar-refractivity contribution in [3.8, 4) is 0 Å². The lowest BCUT2D eigenvalue weighted by Gasteiger charge is -2.18. The van der Waals surface area contributed by atoms with Gasteiger partial charge >= 0.3 is 19.8 Å². The topological polar surface area (TPSA) is 140 Å². The Labute approximate surface area is 331 Å². The summed E-state index contributed by atoms with van der Waals surface area (Å²) in [5.74, 6) is -1.08. The Kier molecular flexibility index (Phi) is 36.2. The zero-order valence-corrected chi connectivity index (χ0v) is 34.3. The lowest BCUT2D eigenvalue weighted by Crippen LogP contribution is -2.29. The maximum Gasteiger partial charge on any atom is 0.469 e. The monoisotopic (exact) mass is 784 g/mol. The van der Waals surface area contributed by atoms with E-state index in [4.69, 9.17) is 19.3 Å². The first kappa shape index (κ1) is 51.4. The Hall–Kier alpha value is -3.59. The zero-order chi connectivity index (χ0) is 40.5. The van der Waals surface area contributed by atoms with E-state index in [0.29, 0.717) is 19.3 Å². The van der Waals surface area contributed by atoms with E-state index in [9.17, 15) is 19.3 Å². The number of aliphatic hydroxyl groups is 1. The van der Waals surface area contributed by atoms with Gasteiger partial charge in [0.1, 0.15) is 6.61 Å². The van der Waals surface area contributed by atoms with Crippen molar-refractivity contribution in [2.24, 2.45) is 0 Å². The molecule has 0 radical (unpaired) electrons. The number of carbonyl (C=O) groups excluding carboxylic acids is 2. The Balaban J connectivity index is 4.21. The molecule has 0 aromatic carbocycles. The molecule has 0 saturated heterocycles. The highest BCUT2D eigenvalue weighted by Crippen LogP contribution is 2.35. The van der Waals surface area contributed by atoms with Gasteiger partial charge < -0.3 is 24.4 Å². The van der Waals surface area contributed by atoms with Gasteiger partial charge in [0.05, 0.1) is 12.7 Å². The number of allylic oxidation sites excluding steroid dienone is 20. The van der Waals surface area contributed by atoms with E-state index in [1.54, 1.807) is 0 Å². The van der Waals surface area contributed by atoms with Gasteiger partial charge in [-0.3, -0.25) is 14.1 Å². The van der Waals surface area contributed by atoms with Crippen LogP contribution in [0.4, 0.5) is 0 Å². The molecule has 0 bridgehead atoms. The largest absolute Gasteiger partial charge is 0.469 e. The van der Waals surface area contributed by atoms with Crippen LogP contribution in [0.25, 0.3) is 0 Å². The quantitative estimate of drug-likeness (QED) is 0.0252.